The molecule has 33 heavy (non-hydrogen) atoms. The zero-order valence-electron chi connectivity index (χ0n) is 18.6. The summed E-state index contributed by atoms with van der Waals surface area (Å²) in [6.07, 6.45) is 4.19. The van der Waals surface area contributed by atoms with Crippen LogP contribution in [0.25, 0.3) is 0 Å². The first kappa shape index (κ1) is 25.1. The molecule has 3 rings (SSSR count). The van der Waals surface area contributed by atoms with E-state index in [1.165, 1.54) is 14.2 Å². The number of halogens is 1. The van der Waals surface area contributed by atoms with Crippen LogP contribution < -0.4 is 10.1 Å². The van der Waals surface area contributed by atoms with E-state index in [-0.39, 0.29) is 17.2 Å². The van der Waals surface area contributed by atoms with Crippen LogP contribution in [0.5, 0.6) is 5.75 Å². The molecule has 1 aromatic carbocycles. The highest BCUT2D eigenvalue weighted by Crippen LogP contribution is 2.42. The third kappa shape index (κ3) is 5.71. The lowest BCUT2D eigenvalue weighted by molar-refractivity contribution is -0.150. The molecule has 2 heterocycles. The van der Waals surface area contributed by atoms with E-state index in [1.54, 1.807) is 18.2 Å². The van der Waals surface area contributed by atoms with E-state index < -0.39 is 23.7 Å². The van der Waals surface area contributed by atoms with Crippen molar-refractivity contribution >= 4 is 45.5 Å². The smallest absolute Gasteiger partial charge is 0.319 e. The highest BCUT2D eigenvalue weighted by Gasteiger charge is 2.44. The lowest BCUT2D eigenvalue weighted by Crippen LogP contribution is -2.44. The Morgan fingerprint density at radius 1 is 1.24 bits per heavy atom. The number of esters is 1. The van der Waals surface area contributed by atoms with Gasteiger partial charge in [-0.05, 0) is 46.5 Å². The number of hydrogen-bond donors (Lipinski definition) is 1. The van der Waals surface area contributed by atoms with E-state index in [1.807, 2.05) is 4.90 Å². The van der Waals surface area contributed by atoms with Gasteiger partial charge in [-0.3, -0.25) is 14.4 Å². The van der Waals surface area contributed by atoms with Crippen LogP contribution in [-0.4, -0.2) is 55.7 Å². The summed E-state index contributed by atoms with van der Waals surface area (Å²) in [4.78, 5) is 40.1. The number of thioether (sulfide) groups is 1. The van der Waals surface area contributed by atoms with E-state index in [0.29, 0.717) is 20.8 Å². The first-order valence-electron chi connectivity index (χ1n) is 10.7. The Hall–Kier alpha value is -2.51. The fraction of sp³-hybridized carbons (Fsp3) is 0.478. The second-order valence-corrected chi connectivity index (χ2v) is 9.64. The predicted molar refractivity (Wildman–Crippen MR) is 127 cm³/mol. The van der Waals surface area contributed by atoms with Crippen LogP contribution in [0, 0.1) is 17.2 Å². The fourth-order valence-corrected chi connectivity index (χ4v) is 5.61. The average Bonchev–Trinajstić information content (AvgIpc) is 3.11. The van der Waals surface area contributed by atoms with E-state index in [2.05, 4.69) is 27.3 Å². The molecule has 1 saturated heterocycles. The Morgan fingerprint density at radius 2 is 1.94 bits per heavy atom. The number of methoxy groups -OCH3 is 2. The number of amides is 2. The van der Waals surface area contributed by atoms with Crippen LogP contribution in [0.3, 0.4) is 0 Å². The van der Waals surface area contributed by atoms with Crippen molar-refractivity contribution in [3.63, 3.8) is 0 Å². The van der Waals surface area contributed by atoms with Gasteiger partial charge in [0.2, 0.25) is 11.8 Å². The number of rotatable bonds is 6. The second kappa shape index (κ2) is 11.6. The molecule has 0 unspecified atom stereocenters. The van der Waals surface area contributed by atoms with E-state index in [9.17, 15) is 19.6 Å². The van der Waals surface area contributed by atoms with Crippen LogP contribution in [0.15, 0.2) is 33.3 Å². The molecule has 0 aliphatic carbocycles. The highest BCUT2D eigenvalue weighted by atomic mass is 79.9. The number of hydrogen-bond acceptors (Lipinski definition) is 7. The lowest BCUT2D eigenvalue weighted by Gasteiger charge is -2.31. The summed E-state index contributed by atoms with van der Waals surface area (Å²) in [5.41, 5.74) is 0.803. The van der Waals surface area contributed by atoms with Crippen molar-refractivity contribution in [2.24, 2.45) is 5.92 Å². The SMILES string of the molecule is COC(=O)[C@H]1C(=O)NC(SCC(=O)N2CCCCCC2)=C(C#N)[C@@H]1c1ccc(OC)c(Br)c1. The maximum atomic E-state index is 12.9. The highest BCUT2D eigenvalue weighted by molar-refractivity contribution is 9.10. The molecule has 0 bridgehead atoms. The van der Waals surface area contributed by atoms with Gasteiger partial charge in [0, 0.05) is 19.0 Å². The van der Waals surface area contributed by atoms with E-state index in [4.69, 9.17) is 9.47 Å². The number of benzene rings is 1. The largest absolute Gasteiger partial charge is 0.496 e. The van der Waals surface area contributed by atoms with Crippen molar-refractivity contribution in [3.05, 3.63) is 38.8 Å². The number of carbonyl (C=O) groups is 3. The van der Waals surface area contributed by atoms with Crippen LogP contribution >= 0.6 is 27.7 Å². The van der Waals surface area contributed by atoms with Crippen molar-refractivity contribution in [3.8, 4) is 11.8 Å². The first-order valence-corrected chi connectivity index (χ1v) is 12.5. The molecular weight excluding hydrogens is 510 g/mol. The van der Waals surface area contributed by atoms with Crippen LogP contribution in [0.2, 0.25) is 0 Å². The maximum absolute atomic E-state index is 12.9. The fourth-order valence-electron chi connectivity index (χ4n) is 4.10. The second-order valence-electron chi connectivity index (χ2n) is 7.80. The molecule has 0 saturated carbocycles. The molecule has 1 N–H and O–H groups in total. The summed E-state index contributed by atoms with van der Waals surface area (Å²) in [5, 5.41) is 13.0. The number of nitrogens with zero attached hydrogens (tertiary/aromatic N) is 2. The Morgan fingerprint density at radius 3 is 2.52 bits per heavy atom. The Balaban J connectivity index is 1.94. The first-order chi connectivity index (χ1) is 15.9. The monoisotopic (exact) mass is 535 g/mol. The summed E-state index contributed by atoms with van der Waals surface area (Å²) in [6, 6.07) is 7.29. The van der Waals surface area contributed by atoms with E-state index in [0.717, 1.165) is 50.5 Å². The summed E-state index contributed by atoms with van der Waals surface area (Å²) >= 11 is 4.54. The summed E-state index contributed by atoms with van der Waals surface area (Å²) in [6.45, 7) is 1.45. The van der Waals surface area contributed by atoms with Crippen LogP contribution in [-0.2, 0) is 19.1 Å². The average molecular weight is 536 g/mol. The van der Waals surface area contributed by atoms with Crippen molar-refractivity contribution < 1.29 is 23.9 Å². The molecule has 2 aliphatic heterocycles. The number of carbonyl (C=O) groups excluding carboxylic acids is 3. The molecule has 2 atom stereocenters. The molecule has 8 nitrogen and oxygen atoms in total. The third-order valence-corrected chi connectivity index (χ3v) is 7.44. The Kier molecular flexibility index (Phi) is 8.80. The van der Waals surface area contributed by atoms with E-state index >= 15 is 0 Å². The third-order valence-electron chi connectivity index (χ3n) is 5.82. The van der Waals surface area contributed by atoms with Gasteiger partial charge in [-0.15, -0.1) is 0 Å². The lowest BCUT2D eigenvalue weighted by atomic mass is 9.78. The molecule has 2 aliphatic rings. The summed E-state index contributed by atoms with van der Waals surface area (Å²) < 4.78 is 10.8. The van der Waals surface area contributed by atoms with Crippen LogP contribution in [0.1, 0.15) is 37.2 Å². The summed E-state index contributed by atoms with van der Waals surface area (Å²) in [7, 11) is 2.73. The predicted octanol–water partition coefficient (Wildman–Crippen LogP) is 3.33. The topological polar surface area (TPSA) is 109 Å². The molecular formula is C23H26BrN3O5S. The minimum Gasteiger partial charge on any atom is -0.496 e. The number of allylic oxidation sites excluding steroid dienone is 1. The van der Waals surface area contributed by atoms with Gasteiger partial charge in [-0.25, -0.2) is 0 Å². The molecule has 2 amide bonds. The zero-order chi connectivity index (χ0) is 24.0. The van der Waals surface area contributed by atoms with Crippen molar-refractivity contribution in [1.82, 2.24) is 10.2 Å². The van der Waals surface area contributed by atoms with Gasteiger partial charge in [0.25, 0.3) is 0 Å². The van der Waals surface area contributed by atoms with Gasteiger partial charge >= 0.3 is 5.97 Å². The number of nitrogens with one attached hydrogen (secondary N) is 1. The quantitative estimate of drug-likeness (QED) is 0.439. The number of ether oxygens (including phenoxy) is 2. The number of likely N-dealkylation sites (tertiary alicyclic amines) is 1. The molecule has 1 fully saturated rings. The summed E-state index contributed by atoms with van der Waals surface area (Å²) in [5.74, 6) is -2.73. The molecule has 1 aromatic rings. The van der Waals surface area contributed by atoms with Gasteiger partial charge in [-0.2, -0.15) is 5.26 Å². The Labute approximate surface area is 205 Å². The van der Waals surface area contributed by atoms with Crippen LogP contribution in [0.4, 0.5) is 0 Å². The molecule has 0 aromatic heterocycles. The standard InChI is InChI=1S/C23H26BrN3O5S/c1-31-17-8-7-14(11-16(17)24)19-15(12-25)22(26-21(29)20(19)23(30)32-2)33-13-18(28)27-9-5-3-4-6-10-27/h7-8,11,19-20H,3-6,9-10,13H2,1-2H3,(H,26,29)/t19-,20+/m0/s1. The molecule has 0 radical (unpaired) electrons. The minimum absolute atomic E-state index is 0.0280. The van der Waals surface area contributed by atoms with Crippen molar-refractivity contribution in [1.29, 1.82) is 5.26 Å². The number of nitriles is 1. The molecule has 10 heteroatoms. The van der Waals surface area contributed by atoms with Crippen molar-refractivity contribution in [2.75, 3.05) is 33.1 Å². The Bertz CT molecular complexity index is 998. The molecule has 0 spiro atoms. The maximum Gasteiger partial charge on any atom is 0.319 e. The zero-order valence-corrected chi connectivity index (χ0v) is 21.0. The van der Waals surface area contributed by atoms with Gasteiger partial charge in [-0.1, -0.05) is 30.7 Å². The normalized spacial score (nSPS) is 21.0. The van der Waals surface area contributed by atoms with Gasteiger partial charge in [0.15, 0.2) is 0 Å². The van der Waals surface area contributed by atoms with Gasteiger partial charge in [0.05, 0.1) is 41.1 Å². The minimum atomic E-state index is -1.23. The van der Waals surface area contributed by atoms with Gasteiger partial charge < -0.3 is 19.7 Å². The van der Waals surface area contributed by atoms with Crippen molar-refractivity contribution in [2.45, 2.75) is 31.6 Å². The molecule has 176 valence electrons. The van der Waals surface area contributed by atoms with Gasteiger partial charge in [0.1, 0.15) is 11.7 Å².